The number of rotatable bonds is 1. The normalized spacial score (nSPS) is 25.1. The second kappa shape index (κ2) is 4.57. The van der Waals surface area contributed by atoms with Crippen LogP contribution in [0.15, 0.2) is 18.2 Å². The van der Waals surface area contributed by atoms with Crippen LogP contribution in [0.25, 0.3) is 0 Å². The summed E-state index contributed by atoms with van der Waals surface area (Å²) >= 11 is 0. The lowest BCUT2D eigenvalue weighted by atomic mass is 9.94. The van der Waals surface area contributed by atoms with Gasteiger partial charge in [-0.3, -0.25) is 4.90 Å². The van der Waals surface area contributed by atoms with E-state index in [1.807, 2.05) is 6.07 Å². The summed E-state index contributed by atoms with van der Waals surface area (Å²) in [5.74, 6) is 0.393. The molecule has 2 heterocycles. The molecule has 0 radical (unpaired) electrons. The van der Waals surface area contributed by atoms with Crippen LogP contribution in [0.5, 0.6) is 5.75 Å². The van der Waals surface area contributed by atoms with E-state index >= 15 is 0 Å². The van der Waals surface area contributed by atoms with Crippen molar-refractivity contribution in [1.82, 2.24) is 4.90 Å². The molecule has 17 heavy (non-hydrogen) atoms. The number of phenolic OH excluding ortho intramolecular Hbond substituents is 1. The lowest BCUT2D eigenvalue weighted by Gasteiger charge is -2.38. The largest absolute Gasteiger partial charge is 0.506 e. The second-order valence-corrected chi connectivity index (χ2v) is 5.07. The molecule has 3 heteroatoms. The van der Waals surface area contributed by atoms with E-state index in [0.717, 1.165) is 18.7 Å². The summed E-state index contributed by atoms with van der Waals surface area (Å²) in [6, 6.07) is 6.38. The molecule has 2 N–H and O–H groups in total. The number of piperidine rings is 1. The minimum absolute atomic E-state index is 0.393. The molecule has 3 nitrogen and oxygen atoms in total. The molecule has 1 fully saturated rings. The summed E-state index contributed by atoms with van der Waals surface area (Å²) in [4.78, 5) is 2.59. The average Bonchev–Trinajstić information content (AvgIpc) is 2.40. The zero-order valence-electron chi connectivity index (χ0n) is 10.2. The van der Waals surface area contributed by atoms with E-state index in [0.29, 0.717) is 11.8 Å². The second-order valence-electron chi connectivity index (χ2n) is 5.07. The van der Waals surface area contributed by atoms with Gasteiger partial charge in [0.1, 0.15) is 5.75 Å². The van der Waals surface area contributed by atoms with E-state index in [4.69, 9.17) is 0 Å². The molecule has 0 saturated carbocycles. The van der Waals surface area contributed by atoms with E-state index in [1.165, 1.54) is 37.9 Å². The Morgan fingerprint density at radius 2 is 2.00 bits per heavy atom. The summed E-state index contributed by atoms with van der Waals surface area (Å²) in [5, 5.41) is 13.2. The first-order valence-electron chi connectivity index (χ1n) is 6.66. The van der Waals surface area contributed by atoms with E-state index in [1.54, 1.807) is 6.07 Å². The number of aromatic hydroxyl groups is 1. The topological polar surface area (TPSA) is 35.5 Å². The zero-order valence-corrected chi connectivity index (χ0v) is 10.2. The van der Waals surface area contributed by atoms with Crippen molar-refractivity contribution in [3.8, 4) is 5.75 Å². The summed E-state index contributed by atoms with van der Waals surface area (Å²) in [6.07, 6.45) is 5.15. The SMILES string of the molecule is Oc1cccc2c1NCCC2N1CCCCC1. The molecule has 0 spiro atoms. The Bertz CT molecular complexity index is 399. The Kier molecular flexibility index (Phi) is 2.93. The predicted molar refractivity (Wildman–Crippen MR) is 69.4 cm³/mol. The number of hydrogen-bond donors (Lipinski definition) is 2. The zero-order chi connectivity index (χ0) is 11.7. The highest BCUT2D eigenvalue weighted by atomic mass is 16.3. The molecule has 0 aromatic heterocycles. The molecule has 1 aromatic rings. The minimum Gasteiger partial charge on any atom is -0.506 e. The number of hydrogen-bond acceptors (Lipinski definition) is 3. The lowest BCUT2D eigenvalue weighted by molar-refractivity contribution is 0.156. The molecule has 1 unspecified atom stereocenters. The number of para-hydroxylation sites is 1. The van der Waals surface area contributed by atoms with Crippen molar-refractivity contribution in [3.63, 3.8) is 0 Å². The number of fused-ring (bicyclic) bond motifs is 1. The highest BCUT2D eigenvalue weighted by molar-refractivity contribution is 5.63. The molecule has 92 valence electrons. The van der Waals surface area contributed by atoms with E-state index in [-0.39, 0.29) is 0 Å². The van der Waals surface area contributed by atoms with Crippen molar-refractivity contribution in [2.45, 2.75) is 31.7 Å². The fourth-order valence-electron chi connectivity index (χ4n) is 3.13. The standard InChI is InChI=1S/C14H20N2O/c17-13-6-4-5-11-12(7-8-15-14(11)13)16-9-2-1-3-10-16/h4-6,12,15,17H,1-3,7-10H2. The van der Waals surface area contributed by atoms with Crippen LogP contribution in [-0.4, -0.2) is 29.6 Å². The first-order valence-corrected chi connectivity index (χ1v) is 6.66. The Hall–Kier alpha value is -1.22. The van der Waals surface area contributed by atoms with Crippen molar-refractivity contribution >= 4 is 5.69 Å². The predicted octanol–water partition coefficient (Wildman–Crippen LogP) is 2.73. The molecular formula is C14H20N2O. The number of likely N-dealkylation sites (tertiary alicyclic amines) is 1. The Morgan fingerprint density at radius 1 is 1.18 bits per heavy atom. The van der Waals surface area contributed by atoms with Crippen LogP contribution in [-0.2, 0) is 0 Å². The molecule has 3 rings (SSSR count). The van der Waals surface area contributed by atoms with Crippen LogP contribution in [0.3, 0.4) is 0 Å². The molecule has 1 aromatic carbocycles. The summed E-state index contributed by atoms with van der Waals surface area (Å²) < 4.78 is 0. The monoisotopic (exact) mass is 232 g/mol. The summed E-state index contributed by atoms with van der Waals surface area (Å²) in [5.41, 5.74) is 2.23. The number of phenols is 1. The van der Waals surface area contributed by atoms with Crippen molar-refractivity contribution in [2.75, 3.05) is 25.0 Å². The lowest BCUT2D eigenvalue weighted by Crippen LogP contribution is -2.36. The van der Waals surface area contributed by atoms with Gasteiger partial charge >= 0.3 is 0 Å². The van der Waals surface area contributed by atoms with Crippen LogP contribution in [0.2, 0.25) is 0 Å². The molecule has 1 atom stereocenters. The highest BCUT2D eigenvalue weighted by Crippen LogP contribution is 2.39. The fourth-order valence-corrected chi connectivity index (χ4v) is 3.13. The fraction of sp³-hybridized carbons (Fsp3) is 0.571. The van der Waals surface area contributed by atoms with Gasteiger partial charge < -0.3 is 10.4 Å². The smallest absolute Gasteiger partial charge is 0.139 e. The minimum atomic E-state index is 0.393. The van der Waals surface area contributed by atoms with Crippen molar-refractivity contribution in [1.29, 1.82) is 0 Å². The van der Waals surface area contributed by atoms with Gasteiger partial charge in [0, 0.05) is 12.6 Å². The summed E-state index contributed by atoms with van der Waals surface area (Å²) in [6.45, 7) is 3.38. The summed E-state index contributed by atoms with van der Waals surface area (Å²) in [7, 11) is 0. The molecular weight excluding hydrogens is 212 g/mol. The first kappa shape index (κ1) is 10.9. The van der Waals surface area contributed by atoms with Crippen LogP contribution in [0.1, 0.15) is 37.3 Å². The number of nitrogens with zero attached hydrogens (tertiary/aromatic N) is 1. The van der Waals surface area contributed by atoms with Gasteiger partial charge in [-0.15, -0.1) is 0 Å². The average molecular weight is 232 g/mol. The van der Waals surface area contributed by atoms with Gasteiger partial charge in [0.25, 0.3) is 0 Å². The van der Waals surface area contributed by atoms with Gasteiger partial charge in [-0.05, 0) is 44.0 Å². The van der Waals surface area contributed by atoms with Gasteiger partial charge in [0.15, 0.2) is 0 Å². The van der Waals surface area contributed by atoms with Crippen molar-refractivity contribution in [3.05, 3.63) is 23.8 Å². The Morgan fingerprint density at radius 3 is 2.82 bits per heavy atom. The molecule has 1 saturated heterocycles. The van der Waals surface area contributed by atoms with Gasteiger partial charge in [-0.2, -0.15) is 0 Å². The van der Waals surface area contributed by atoms with E-state index in [9.17, 15) is 5.11 Å². The Balaban J connectivity index is 1.90. The van der Waals surface area contributed by atoms with Crippen LogP contribution in [0.4, 0.5) is 5.69 Å². The quantitative estimate of drug-likeness (QED) is 0.731. The molecule has 2 aliphatic rings. The van der Waals surface area contributed by atoms with Crippen LogP contribution in [0, 0.1) is 0 Å². The van der Waals surface area contributed by atoms with E-state index in [2.05, 4.69) is 16.3 Å². The maximum Gasteiger partial charge on any atom is 0.139 e. The van der Waals surface area contributed by atoms with Crippen molar-refractivity contribution < 1.29 is 5.11 Å². The van der Waals surface area contributed by atoms with Gasteiger partial charge in [0.2, 0.25) is 0 Å². The molecule has 0 amide bonds. The highest BCUT2D eigenvalue weighted by Gasteiger charge is 2.27. The molecule has 2 aliphatic heterocycles. The van der Waals surface area contributed by atoms with Gasteiger partial charge in [0.05, 0.1) is 5.69 Å². The number of benzene rings is 1. The third-order valence-corrected chi connectivity index (χ3v) is 3.98. The third kappa shape index (κ3) is 2.00. The maximum absolute atomic E-state index is 9.89. The third-order valence-electron chi connectivity index (χ3n) is 3.98. The first-order chi connectivity index (χ1) is 8.36. The molecule has 0 aliphatic carbocycles. The Labute approximate surface area is 102 Å². The van der Waals surface area contributed by atoms with Crippen LogP contribution < -0.4 is 5.32 Å². The van der Waals surface area contributed by atoms with Gasteiger partial charge in [-0.25, -0.2) is 0 Å². The van der Waals surface area contributed by atoms with E-state index < -0.39 is 0 Å². The number of nitrogens with one attached hydrogen (secondary N) is 1. The number of anilines is 1. The van der Waals surface area contributed by atoms with Crippen molar-refractivity contribution in [2.24, 2.45) is 0 Å². The van der Waals surface area contributed by atoms with Gasteiger partial charge in [-0.1, -0.05) is 18.6 Å². The molecule has 0 bridgehead atoms. The van der Waals surface area contributed by atoms with Crippen LogP contribution >= 0.6 is 0 Å². The maximum atomic E-state index is 9.89.